The summed E-state index contributed by atoms with van der Waals surface area (Å²) in [5.41, 5.74) is 2.13. The Labute approximate surface area is 292 Å². The Morgan fingerprint density at radius 2 is 0.898 bits per heavy atom. The predicted octanol–water partition coefficient (Wildman–Crippen LogP) is 10.5. The number of benzene rings is 4. The van der Waals surface area contributed by atoms with Crippen LogP contribution in [0.3, 0.4) is 0 Å². The third-order valence-corrected chi connectivity index (χ3v) is 13.3. The number of aliphatic hydroxyl groups excluding tert-OH is 1. The largest absolute Gasteiger partial charge is 0.508 e. The van der Waals surface area contributed by atoms with Crippen molar-refractivity contribution >= 4 is 7.37 Å². The van der Waals surface area contributed by atoms with Gasteiger partial charge in [0.05, 0.1) is 5.16 Å². The molecule has 2 N–H and O–H groups in total. The number of hydrogen-bond acceptors (Lipinski definition) is 6. The second-order valence-electron chi connectivity index (χ2n) is 15.3. The quantitative estimate of drug-likeness (QED) is 0.114. The van der Waals surface area contributed by atoms with Crippen LogP contribution in [0.15, 0.2) is 97.1 Å². The van der Waals surface area contributed by atoms with Crippen LogP contribution in [0.2, 0.25) is 0 Å². The van der Waals surface area contributed by atoms with Crippen molar-refractivity contribution in [1.82, 2.24) is 0 Å². The lowest BCUT2D eigenvalue weighted by atomic mass is 9.78. The maximum absolute atomic E-state index is 14.3. The highest BCUT2D eigenvalue weighted by Gasteiger charge is 2.52. The highest BCUT2D eigenvalue weighted by atomic mass is 31.2. The van der Waals surface area contributed by atoms with Crippen LogP contribution in [-0.4, -0.2) is 33.2 Å². The lowest BCUT2D eigenvalue weighted by molar-refractivity contribution is 0.0684. The minimum absolute atomic E-state index is 0.235. The normalized spacial score (nSPS) is 13.9. The molecule has 1 atom stereocenters. The summed E-state index contributed by atoms with van der Waals surface area (Å²) < 4.78 is 33.0. The molecule has 0 fully saturated rings. The summed E-state index contributed by atoms with van der Waals surface area (Å²) in [6.45, 7) is 21.6. The first-order valence-corrected chi connectivity index (χ1v) is 18.6. The highest BCUT2D eigenvalue weighted by Crippen LogP contribution is 2.60. The first-order valence-electron chi connectivity index (χ1n) is 16.5. The van der Waals surface area contributed by atoms with Gasteiger partial charge in [-0.25, -0.2) is 0 Å². The van der Waals surface area contributed by atoms with Crippen LogP contribution in [0.4, 0.5) is 0 Å². The van der Waals surface area contributed by atoms with Gasteiger partial charge in [0.1, 0.15) is 34.7 Å². The van der Waals surface area contributed by atoms with Crippen LogP contribution in [0.5, 0.6) is 23.0 Å². The van der Waals surface area contributed by atoms with Gasteiger partial charge >= 0.3 is 0 Å². The van der Waals surface area contributed by atoms with E-state index in [0.29, 0.717) is 17.2 Å². The number of aromatic hydroxyl groups is 1. The zero-order valence-electron chi connectivity index (χ0n) is 30.7. The fraction of sp³-hybridized carbons (Fsp3) is 0.381. The molecule has 0 saturated carbocycles. The summed E-state index contributed by atoms with van der Waals surface area (Å²) in [4.78, 5) is 0. The predicted molar refractivity (Wildman–Crippen MR) is 199 cm³/mol. The molecule has 0 radical (unpaired) electrons. The van der Waals surface area contributed by atoms with E-state index >= 15 is 0 Å². The maximum atomic E-state index is 14.3. The van der Waals surface area contributed by atoms with E-state index in [9.17, 15) is 9.67 Å². The van der Waals surface area contributed by atoms with Crippen molar-refractivity contribution in [3.05, 3.63) is 119 Å². The molecule has 1 unspecified atom stereocenters. The summed E-state index contributed by atoms with van der Waals surface area (Å²) in [5, 5.41) is 17.8. The van der Waals surface area contributed by atoms with Gasteiger partial charge in [0.2, 0.25) is 0 Å². The van der Waals surface area contributed by atoms with Gasteiger partial charge in [-0.1, -0.05) is 76.2 Å². The number of rotatable bonds is 12. The Morgan fingerprint density at radius 1 is 0.551 bits per heavy atom. The van der Waals surface area contributed by atoms with Crippen molar-refractivity contribution in [3.8, 4) is 35.0 Å². The van der Waals surface area contributed by atoms with Gasteiger partial charge in [0.25, 0.3) is 7.37 Å². The summed E-state index contributed by atoms with van der Waals surface area (Å²) in [6.07, 6.45) is 1.93. The van der Waals surface area contributed by atoms with Crippen LogP contribution >= 0.6 is 7.37 Å². The van der Waals surface area contributed by atoms with E-state index in [0.717, 1.165) is 22.3 Å². The topological polar surface area (TPSA) is 85.2 Å². The molecular formula is C42H51O6P. The van der Waals surface area contributed by atoms with E-state index in [2.05, 4.69) is 45.7 Å². The fourth-order valence-electron chi connectivity index (χ4n) is 5.70. The summed E-state index contributed by atoms with van der Waals surface area (Å²) in [6, 6.07) is 30.9. The number of ether oxygens (including phenoxy) is 2. The Morgan fingerprint density at radius 3 is 1.29 bits per heavy atom. The summed E-state index contributed by atoms with van der Waals surface area (Å²) >= 11 is 0. The number of phenols is 1. The lowest BCUT2D eigenvalue weighted by Crippen LogP contribution is -2.50. The average molecular weight is 683 g/mol. The first kappa shape index (κ1) is 37.5. The van der Waals surface area contributed by atoms with Crippen molar-refractivity contribution < 1.29 is 28.8 Å². The molecule has 7 heteroatoms. The van der Waals surface area contributed by atoms with E-state index < -0.39 is 23.7 Å². The molecule has 0 aromatic heterocycles. The van der Waals surface area contributed by atoms with E-state index in [4.69, 9.17) is 19.1 Å². The molecule has 0 aliphatic heterocycles. The summed E-state index contributed by atoms with van der Waals surface area (Å²) in [5.74, 6) is 4.76. The molecule has 0 heterocycles. The standard InChI is InChI=1S/C42H51O6P/c1-38(2,28-29-43)46-35-22-14-31(15-23-35)40(5,6)32-16-24-36(25-17-32)47-41(7,8)42(9,10)49(11,45)48-37-26-18-33(19-27-37)39(3,4)30-12-20-34(44)21-13-30/h12-27,43-44H,1-11H3. The van der Waals surface area contributed by atoms with Crippen LogP contribution < -0.4 is 14.0 Å². The van der Waals surface area contributed by atoms with Crippen molar-refractivity contribution in [2.24, 2.45) is 0 Å². The molecule has 0 aliphatic carbocycles. The molecule has 6 nitrogen and oxygen atoms in total. The average Bonchev–Trinajstić information content (AvgIpc) is 3.01. The second-order valence-corrected chi connectivity index (χ2v) is 18.3. The van der Waals surface area contributed by atoms with Gasteiger partial charge < -0.3 is 24.2 Å². The van der Waals surface area contributed by atoms with Crippen LogP contribution in [0.25, 0.3) is 0 Å². The molecule has 0 bridgehead atoms. The van der Waals surface area contributed by atoms with E-state index in [-0.39, 0.29) is 16.6 Å². The number of hydrogen-bond donors (Lipinski definition) is 2. The molecular weight excluding hydrogens is 631 g/mol. The smallest absolute Gasteiger partial charge is 0.254 e. The van der Waals surface area contributed by atoms with Gasteiger partial charge in [0.15, 0.2) is 5.60 Å². The molecule has 260 valence electrons. The second kappa shape index (κ2) is 13.5. The Balaban J connectivity index is 1.46. The molecule has 4 aromatic rings. The molecule has 0 amide bonds. The van der Waals surface area contributed by atoms with E-state index in [1.807, 2.05) is 107 Å². The first-order chi connectivity index (χ1) is 22.6. The molecule has 4 aromatic carbocycles. The molecule has 4 rings (SSSR count). The Bertz CT molecular complexity index is 1840. The SMILES string of the molecule is CC(C)(C#CO)Oc1ccc(C(C)(C)c2ccc(OC(C)(C)C(C)(C)P(C)(=O)Oc3ccc(C(C)(C)c4ccc(O)cc4)cc3)cc2)cc1. The van der Waals surface area contributed by atoms with E-state index in [1.165, 1.54) is 0 Å². The molecule has 49 heavy (non-hydrogen) atoms. The van der Waals surface area contributed by atoms with Gasteiger partial charge in [-0.3, -0.25) is 4.57 Å². The van der Waals surface area contributed by atoms with Gasteiger partial charge in [-0.15, -0.1) is 0 Å². The van der Waals surface area contributed by atoms with E-state index in [1.54, 1.807) is 32.6 Å². The van der Waals surface area contributed by atoms with Crippen molar-refractivity contribution in [2.75, 3.05) is 6.66 Å². The fourth-order valence-corrected chi connectivity index (χ4v) is 7.48. The molecule has 0 spiro atoms. The molecule has 0 aliphatic rings. The van der Waals surface area contributed by atoms with Crippen LogP contribution in [-0.2, 0) is 15.4 Å². The Hall–Kier alpha value is -4.33. The van der Waals surface area contributed by atoms with Gasteiger partial charge in [0, 0.05) is 17.5 Å². The van der Waals surface area contributed by atoms with Crippen molar-refractivity contribution in [1.29, 1.82) is 0 Å². The number of aliphatic hydroxyl groups is 1. The maximum Gasteiger partial charge on any atom is 0.254 e. The van der Waals surface area contributed by atoms with Crippen molar-refractivity contribution in [3.63, 3.8) is 0 Å². The van der Waals surface area contributed by atoms with Crippen LogP contribution in [0.1, 0.15) is 91.5 Å². The minimum Gasteiger partial charge on any atom is -0.508 e. The third kappa shape index (κ3) is 8.11. The summed E-state index contributed by atoms with van der Waals surface area (Å²) in [7, 11) is -3.28. The van der Waals surface area contributed by atoms with Gasteiger partial charge in [-0.05, 0) is 118 Å². The zero-order valence-corrected chi connectivity index (χ0v) is 31.6. The van der Waals surface area contributed by atoms with Crippen molar-refractivity contribution in [2.45, 2.75) is 96.4 Å². The monoisotopic (exact) mass is 682 g/mol. The van der Waals surface area contributed by atoms with Crippen LogP contribution in [0, 0.1) is 12.0 Å². The molecule has 0 saturated heterocycles. The number of phenolic OH excluding ortho intramolecular Hbond substituents is 1. The lowest BCUT2D eigenvalue weighted by Gasteiger charge is -2.44. The van der Waals surface area contributed by atoms with Gasteiger partial charge in [-0.2, -0.15) is 0 Å². The zero-order chi connectivity index (χ0) is 36.5. The highest BCUT2D eigenvalue weighted by molar-refractivity contribution is 7.60. The Kier molecular flexibility index (Phi) is 10.3. The minimum atomic E-state index is -3.28. The third-order valence-electron chi connectivity index (χ3n) is 10.2.